The lowest BCUT2D eigenvalue weighted by Gasteiger charge is -2.24. The van der Waals surface area contributed by atoms with Crippen LogP contribution in [0.15, 0.2) is 42.5 Å². The van der Waals surface area contributed by atoms with Crippen molar-refractivity contribution in [3.05, 3.63) is 70.0 Å². The molecule has 1 aliphatic rings. The highest BCUT2D eigenvalue weighted by Gasteiger charge is 2.36. The lowest BCUT2D eigenvalue weighted by atomic mass is 9.96. The zero-order valence-corrected chi connectivity index (χ0v) is 12.5. The highest BCUT2D eigenvalue weighted by atomic mass is 35.5. The maximum Gasteiger partial charge on any atom is 0.255 e. The van der Waals surface area contributed by atoms with E-state index in [2.05, 4.69) is 5.32 Å². The van der Waals surface area contributed by atoms with Crippen LogP contribution < -0.4 is 5.32 Å². The smallest absolute Gasteiger partial charge is 0.255 e. The van der Waals surface area contributed by atoms with Gasteiger partial charge in [-0.15, -0.1) is 0 Å². The fourth-order valence-corrected chi connectivity index (χ4v) is 3.13. The van der Waals surface area contributed by atoms with Crippen LogP contribution in [0.25, 0.3) is 0 Å². The van der Waals surface area contributed by atoms with Gasteiger partial charge < -0.3 is 10.4 Å². The van der Waals surface area contributed by atoms with Gasteiger partial charge in [-0.1, -0.05) is 41.9 Å². The van der Waals surface area contributed by atoms with E-state index < -0.39 is 17.3 Å². The zero-order chi connectivity index (χ0) is 15.7. The van der Waals surface area contributed by atoms with Gasteiger partial charge in [0.2, 0.25) is 0 Å². The summed E-state index contributed by atoms with van der Waals surface area (Å²) in [6, 6.07) is 11.7. The van der Waals surface area contributed by atoms with E-state index in [1.54, 1.807) is 0 Å². The fraction of sp³-hybridized carbons (Fsp3) is 0.235. The van der Waals surface area contributed by atoms with Crippen molar-refractivity contribution in [2.45, 2.75) is 18.4 Å². The number of halogens is 2. The minimum Gasteiger partial charge on any atom is -0.383 e. The number of carbonyl (C=O) groups excluding carboxylic acids is 1. The van der Waals surface area contributed by atoms with Gasteiger partial charge in [0, 0.05) is 0 Å². The Morgan fingerprint density at radius 1 is 1.27 bits per heavy atom. The molecular weight excluding hydrogens is 305 g/mol. The third kappa shape index (κ3) is 2.60. The van der Waals surface area contributed by atoms with Gasteiger partial charge in [0.05, 0.1) is 17.1 Å². The predicted octanol–water partition coefficient (Wildman–Crippen LogP) is 3.04. The molecule has 1 aliphatic carbocycles. The lowest BCUT2D eigenvalue weighted by molar-refractivity contribution is 0.0369. The van der Waals surface area contributed by atoms with E-state index in [1.165, 1.54) is 18.2 Å². The Morgan fingerprint density at radius 3 is 2.82 bits per heavy atom. The highest BCUT2D eigenvalue weighted by Crippen LogP contribution is 2.36. The second kappa shape index (κ2) is 5.71. The first-order chi connectivity index (χ1) is 10.5. The van der Waals surface area contributed by atoms with Crippen LogP contribution in [0.2, 0.25) is 5.02 Å². The molecule has 1 atom stereocenters. The van der Waals surface area contributed by atoms with Crippen molar-refractivity contribution in [3.63, 3.8) is 0 Å². The first-order valence-electron chi connectivity index (χ1n) is 7.04. The second-order valence-electron chi connectivity index (χ2n) is 5.47. The van der Waals surface area contributed by atoms with E-state index in [0.29, 0.717) is 6.42 Å². The molecule has 0 radical (unpaired) electrons. The number of amides is 1. The van der Waals surface area contributed by atoms with Crippen molar-refractivity contribution in [3.8, 4) is 0 Å². The number of benzene rings is 2. The minimum absolute atomic E-state index is 0.0213. The number of aryl methyl sites for hydroxylation is 1. The normalized spacial score (nSPS) is 19.8. The molecule has 3 rings (SSSR count). The molecule has 0 bridgehead atoms. The summed E-state index contributed by atoms with van der Waals surface area (Å²) in [5.41, 5.74) is 0.571. The van der Waals surface area contributed by atoms with Gasteiger partial charge in [0.25, 0.3) is 5.91 Å². The standard InChI is InChI=1S/C17H15ClFNO2/c18-13-6-3-7-14(19)15(13)16(21)20-10-17(22)9-8-11-4-1-2-5-12(11)17/h1-7,22H,8-10H2,(H,20,21)/t17-/m1/s1. The summed E-state index contributed by atoms with van der Waals surface area (Å²) in [5, 5.41) is 13.4. The molecule has 0 fully saturated rings. The second-order valence-corrected chi connectivity index (χ2v) is 5.88. The number of aliphatic hydroxyl groups is 1. The molecule has 2 aromatic carbocycles. The Hall–Kier alpha value is -1.91. The van der Waals surface area contributed by atoms with Crippen molar-refractivity contribution in [2.24, 2.45) is 0 Å². The molecule has 22 heavy (non-hydrogen) atoms. The number of rotatable bonds is 3. The monoisotopic (exact) mass is 319 g/mol. The molecule has 0 aliphatic heterocycles. The van der Waals surface area contributed by atoms with Crippen LogP contribution in [0.4, 0.5) is 4.39 Å². The number of hydrogen-bond donors (Lipinski definition) is 2. The average molecular weight is 320 g/mol. The van der Waals surface area contributed by atoms with E-state index in [-0.39, 0.29) is 17.1 Å². The summed E-state index contributed by atoms with van der Waals surface area (Å²) >= 11 is 5.87. The van der Waals surface area contributed by atoms with E-state index in [4.69, 9.17) is 11.6 Å². The van der Waals surface area contributed by atoms with E-state index in [0.717, 1.165) is 17.5 Å². The Balaban J connectivity index is 1.77. The topological polar surface area (TPSA) is 49.3 Å². The van der Waals surface area contributed by atoms with E-state index in [9.17, 15) is 14.3 Å². The van der Waals surface area contributed by atoms with Crippen LogP contribution in [0, 0.1) is 5.82 Å². The van der Waals surface area contributed by atoms with Crippen molar-refractivity contribution in [1.82, 2.24) is 5.32 Å². The molecular formula is C17H15ClFNO2. The fourth-order valence-electron chi connectivity index (χ4n) is 2.88. The van der Waals surface area contributed by atoms with Gasteiger partial charge in [-0.3, -0.25) is 4.79 Å². The molecule has 2 N–H and O–H groups in total. The number of carbonyl (C=O) groups is 1. The van der Waals surface area contributed by atoms with E-state index >= 15 is 0 Å². The first kappa shape index (κ1) is 15.0. The lowest BCUT2D eigenvalue weighted by Crippen LogP contribution is -2.39. The molecule has 0 spiro atoms. The maximum absolute atomic E-state index is 13.7. The van der Waals surface area contributed by atoms with Gasteiger partial charge >= 0.3 is 0 Å². The molecule has 1 amide bonds. The summed E-state index contributed by atoms with van der Waals surface area (Å²) in [6.07, 6.45) is 1.28. The van der Waals surface area contributed by atoms with Crippen LogP contribution in [-0.4, -0.2) is 17.6 Å². The van der Waals surface area contributed by atoms with Crippen molar-refractivity contribution in [2.75, 3.05) is 6.54 Å². The molecule has 0 heterocycles. The van der Waals surface area contributed by atoms with Gasteiger partial charge in [-0.25, -0.2) is 4.39 Å². The van der Waals surface area contributed by atoms with Crippen molar-refractivity contribution in [1.29, 1.82) is 0 Å². The van der Waals surface area contributed by atoms with Crippen molar-refractivity contribution >= 4 is 17.5 Å². The first-order valence-corrected chi connectivity index (χ1v) is 7.42. The van der Waals surface area contributed by atoms with Crippen molar-refractivity contribution < 1.29 is 14.3 Å². The Labute approximate surface area is 132 Å². The number of nitrogens with one attached hydrogen (secondary N) is 1. The van der Waals surface area contributed by atoms with Gasteiger partial charge in [-0.05, 0) is 36.1 Å². The summed E-state index contributed by atoms with van der Waals surface area (Å²) in [4.78, 5) is 12.2. The van der Waals surface area contributed by atoms with Crippen LogP contribution in [0.5, 0.6) is 0 Å². The predicted molar refractivity (Wildman–Crippen MR) is 82.4 cm³/mol. The summed E-state index contributed by atoms with van der Waals surface area (Å²) in [5.74, 6) is -1.30. The van der Waals surface area contributed by atoms with E-state index in [1.807, 2.05) is 24.3 Å². The molecule has 114 valence electrons. The number of fused-ring (bicyclic) bond motifs is 1. The molecule has 5 heteroatoms. The number of hydrogen-bond acceptors (Lipinski definition) is 2. The molecule has 3 nitrogen and oxygen atoms in total. The largest absolute Gasteiger partial charge is 0.383 e. The summed E-state index contributed by atoms with van der Waals surface area (Å²) < 4.78 is 13.7. The molecule has 0 saturated heterocycles. The molecule has 2 aromatic rings. The highest BCUT2D eigenvalue weighted by molar-refractivity contribution is 6.33. The molecule has 0 unspecified atom stereocenters. The van der Waals surface area contributed by atoms with Crippen LogP contribution in [-0.2, 0) is 12.0 Å². The summed E-state index contributed by atoms with van der Waals surface area (Å²) in [7, 11) is 0. The maximum atomic E-state index is 13.7. The third-order valence-electron chi connectivity index (χ3n) is 4.06. The molecule has 0 saturated carbocycles. The Morgan fingerprint density at radius 2 is 2.05 bits per heavy atom. The summed E-state index contributed by atoms with van der Waals surface area (Å²) in [6.45, 7) is 0.0213. The van der Waals surface area contributed by atoms with Crippen LogP contribution >= 0.6 is 11.6 Å². The zero-order valence-electron chi connectivity index (χ0n) is 11.8. The average Bonchev–Trinajstić information content (AvgIpc) is 2.84. The van der Waals surface area contributed by atoms with Gasteiger partial charge in [0.15, 0.2) is 0 Å². The Bertz CT molecular complexity index is 714. The minimum atomic E-state index is -1.12. The Kier molecular flexibility index (Phi) is 3.89. The molecule has 0 aromatic heterocycles. The SMILES string of the molecule is O=C(NC[C@]1(O)CCc2ccccc21)c1c(F)cccc1Cl. The van der Waals surface area contributed by atoms with Crippen LogP contribution in [0.3, 0.4) is 0 Å². The van der Waals surface area contributed by atoms with Crippen LogP contribution in [0.1, 0.15) is 27.9 Å². The van der Waals surface area contributed by atoms with Gasteiger partial charge in [-0.2, -0.15) is 0 Å². The quantitative estimate of drug-likeness (QED) is 0.913. The van der Waals surface area contributed by atoms with Gasteiger partial charge in [0.1, 0.15) is 11.4 Å². The third-order valence-corrected chi connectivity index (χ3v) is 4.37.